The molecule has 11 heteroatoms. The Labute approximate surface area is 200 Å². The van der Waals surface area contributed by atoms with Gasteiger partial charge in [0.25, 0.3) is 0 Å². The largest absolute Gasteiger partial charge is 0.338 e. The van der Waals surface area contributed by atoms with Crippen molar-refractivity contribution in [2.24, 2.45) is 0 Å². The Balaban J connectivity index is 1.77. The molecule has 0 aromatic heterocycles. The normalized spacial score (nSPS) is 16.5. The molecule has 2 aromatic rings. The van der Waals surface area contributed by atoms with Gasteiger partial charge < -0.3 is 4.90 Å². The molecule has 180 valence electrons. The van der Waals surface area contributed by atoms with E-state index in [4.69, 9.17) is 11.6 Å². The highest BCUT2D eigenvalue weighted by Gasteiger charge is 2.36. The van der Waals surface area contributed by atoms with Crippen LogP contribution in [0.15, 0.2) is 47.4 Å². The number of carbonyl (C=O) groups excluding carboxylic acids is 1. The van der Waals surface area contributed by atoms with E-state index in [0.717, 1.165) is 16.1 Å². The Morgan fingerprint density at radius 3 is 2.09 bits per heavy atom. The number of rotatable bonds is 6. The molecule has 0 bridgehead atoms. The van der Waals surface area contributed by atoms with Gasteiger partial charge >= 0.3 is 0 Å². The van der Waals surface area contributed by atoms with Crippen molar-refractivity contribution in [3.8, 4) is 0 Å². The lowest BCUT2D eigenvalue weighted by Gasteiger charge is -2.37. The van der Waals surface area contributed by atoms with Crippen molar-refractivity contribution in [3.05, 3.63) is 58.6 Å². The van der Waals surface area contributed by atoms with Crippen molar-refractivity contribution in [2.45, 2.75) is 31.7 Å². The fourth-order valence-electron chi connectivity index (χ4n) is 3.87. The molecular formula is C22H28ClN3O5S2. The third-order valence-corrected chi connectivity index (χ3v) is 9.06. The van der Waals surface area contributed by atoms with Crippen LogP contribution in [-0.2, 0) is 24.8 Å². The summed E-state index contributed by atoms with van der Waals surface area (Å²) in [4.78, 5) is 15.0. The van der Waals surface area contributed by atoms with Crippen molar-refractivity contribution in [1.82, 2.24) is 9.21 Å². The van der Waals surface area contributed by atoms with E-state index in [2.05, 4.69) is 0 Å². The third kappa shape index (κ3) is 5.51. The lowest BCUT2D eigenvalue weighted by Crippen LogP contribution is -2.56. The van der Waals surface area contributed by atoms with Crippen LogP contribution in [0, 0.1) is 13.8 Å². The number of amides is 1. The van der Waals surface area contributed by atoms with Gasteiger partial charge in [0.05, 0.1) is 16.8 Å². The summed E-state index contributed by atoms with van der Waals surface area (Å²) in [5.74, 6) is -0.396. The molecule has 0 aliphatic carbocycles. The number of nitrogens with zero attached hydrogens (tertiary/aromatic N) is 3. The van der Waals surface area contributed by atoms with Gasteiger partial charge in [-0.2, -0.15) is 4.31 Å². The van der Waals surface area contributed by atoms with Gasteiger partial charge in [-0.1, -0.05) is 35.4 Å². The summed E-state index contributed by atoms with van der Waals surface area (Å²) in [6.45, 7) is 5.75. The van der Waals surface area contributed by atoms with Crippen molar-refractivity contribution in [1.29, 1.82) is 0 Å². The monoisotopic (exact) mass is 513 g/mol. The Kier molecular flexibility index (Phi) is 7.42. The number of piperazine rings is 1. The molecule has 0 saturated carbocycles. The first-order valence-corrected chi connectivity index (χ1v) is 14.1. The molecule has 1 aliphatic rings. The summed E-state index contributed by atoms with van der Waals surface area (Å²) in [5, 5.41) is 0.360. The van der Waals surface area contributed by atoms with Crippen LogP contribution >= 0.6 is 11.6 Å². The van der Waals surface area contributed by atoms with E-state index in [9.17, 15) is 21.6 Å². The molecular weight excluding hydrogens is 486 g/mol. The van der Waals surface area contributed by atoms with Crippen molar-refractivity contribution in [2.75, 3.05) is 36.7 Å². The second-order valence-corrected chi connectivity index (χ2v) is 12.4. The van der Waals surface area contributed by atoms with Crippen molar-refractivity contribution in [3.63, 3.8) is 0 Å². The first-order chi connectivity index (χ1) is 15.3. The van der Waals surface area contributed by atoms with Crippen LogP contribution in [0.1, 0.15) is 18.1 Å². The van der Waals surface area contributed by atoms with E-state index in [1.165, 1.54) is 22.2 Å². The Morgan fingerprint density at radius 1 is 0.970 bits per heavy atom. The van der Waals surface area contributed by atoms with Gasteiger partial charge in [-0.25, -0.2) is 16.8 Å². The fraction of sp³-hybridized carbons (Fsp3) is 0.409. The Hall–Kier alpha value is -2.14. The van der Waals surface area contributed by atoms with Crippen LogP contribution in [0.25, 0.3) is 0 Å². The van der Waals surface area contributed by atoms with Gasteiger partial charge in [0.1, 0.15) is 6.04 Å². The molecule has 8 nitrogen and oxygen atoms in total. The first kappa shape index (κ1) is 25.5. The number of hydrogen-bond acceptors (Lipinski definition) is 5. The molecule has 1 fully saturated rings. The van der Waals surface area contributed by atoms with Crippen LogP contribution in [-0.4, -0.2) is 70.4 Å². The Bertz CT molecular complexity index is 1240. The summed E-state index contributed by atoms with van der Waals surface area (Å²) < 4.78 is 53.5. The topological polar surface area (TPSA) is 95.1 Å². The highest BCUT2D eigenvalue weighted by molar-refractivity contribution is 7.92. The van der Waals surface area contributed by atoms with Gasteiger partial charge in [0.2, 0.25) is 26.0 Å². The summed E-state index contributed by atoms with van der Waals surface area (Å²) in [7, 11) is -7.46. The second kappa shape index (κ2) is 9.61. The molecule has 1 heterocycles. The minimum atomic E-state index is -3.79. The molecule has 1 atom stereocenters. The average molecular weight is 514 g/mol. The highest BCUT2D eigenvalue weighted by Crippen LogP contribution is 2.29. The molecule has 1 amide bonds. The smallest absolute Gasteiger partial charge is 0.246 e. The predicted molar refractivity (Wildman–Crippen MR) is 129 cm³/mol. The van der Waals surface area contributed by atoms with E-state index in [1.807, 2.05) is 6.92 Å². The number of halogens is 1. The van der Waals surface area contributed by atoms with Crippen LogP contribution in [0.3, 0.4) is 0 Å². The van der Waals surface area contributed by atoms with Crippen molar-refractivity contribution < 1.29 is 21.6 Å². The van der Waals surface area contributed by atoms with Gasteiger partial charge in [0, 0.05) is 31.2 Å². The second-order valence-electron chi connectivity index (χ2n) is 8.21. The molecule has 0 unspecified atom stereocenters. The molecule has 1 saturated heterocycles. The number of benzene rings is 2. The van der Waals surface area contributed by atoms with E-state index in [0.29, 0.717) is 16.3 Å². The predicted octanol–water partition coefficient (Wildman–Crippen LogP) is 2.64. The lowest BCUT2D eigenvalue weighted by atomic mass is 10.1. The zero-order chi connectivity index (χ0) is 24.6. The SMILES string of the molecule is Cc1ccc(S(=O)(=O)N2CCN(C(=O)[C@@H](C)N(c3cc(Cl)ccc3C)S(C)(=O)=O)CC2)cc1. The quantitative estimate of drug-likeness (QED) is 0.591. The van der Waals surface area contributed by atoms with E-state index in [1.54, 1.807) is 43.3 Å². The highest BCUT2D eigenvalue weighted by atomic mass is 35.5. The van der Waals surface area contributed by atoms with Crippen LogP contribution < -0.4 is 4.31 Å². The number of hydrogen-bond donors (Lipinski definition) is 0. The minimum absolute atomic E-state index is 0.129. The van der Waals surface area contributed by atoms with Crippen LogP contribution in [0.5, 0.6) is 0 Å². The summed E-state index contributed by atoms with van der Waals surface area (Å²) in [6.07, 6.45) is 1.04. The molecule has 0 N–H and O–H groups in total. The van der Waals surface area contributed by atoms with E-state index < -0.39 is 32.0 Å². The third-order valence-electron chi connectivity index (χ3n) is 5.68. The maximum Gasteiger partial charge on any atom is 0.246 e. The summed E-state index contributed by atoms with van der Waals surface area (Å²) in [6, 6.07) is 10.5. The lowest BCUT2D eigenvalue weighted by molar-refractivity contribution is -0.133. The van der Waals surface area contributed by atoms with Crippen molar-refractivity contribution >= 4 is 43.2 Å². The standard InChI is InChI=1S/C22H28ClN3O5S2/c1-16-5-9-20(10-6-16)33(30,31)25-13-11-24(12-14-25)22(27)18(3)26(32(4,28)29)21-15-19(23)8-7-17(21)2/h5-10,15,18H,11-14H2,1-4H3/t18-/m1/s1. The molecule has 3 rings (SSSR count). The zero-order valence-electron chi connectivity index (χ0n) is 19.0. The van der Waals surface area contributed by atoms with Crippen LogP contribution in [0.2, 0.25) is 5.02 Å². The molecule has 0 radical (unpaired) electrons. The maximum absolute atomic E-state index is 13.2. The molecule has 1 aliphatic heterocycles. The fourth-order valence-corrected chi connectivity index (χ4v) is 6.67. The average Bonchev–Trinajstić information content (AvgIpc) is 2.75. The maximum atomic E-state index is 13.2. The number of anilines is 1. The number of carbonyl (C=O) groups is 1. The summed E-state index contributed by atoms with van der Waals surface area (Å²) >= 11 is 6.08. The van der Waals surface area contributed by atoms with E-state index in [-0.39, 0.29) is 31.1 Å². The molecule has 0 spiro atoms. The minimum Gasteiger partial charge on any atom is -0.338 e. The van der Waals surface area contributed by atoms with E-state index >= 15 is 0 Å². The molecule has 33 heavy (non-hydrogen) atoms. The van der Waals surface area contributed by atoms with Gasteiger partial charge in [-0.05, 0) is 50.6 Å². The summed E-state index contributed by atoms with van der Waals surface area (Å²) in [5.41, 5.74) is 1.97. The Morgan fingerprint density at radius 2 is 1.55 bits per heavy atom. The van der Waals surface area contributed by atoms with Crippen LogP contribution in [0.4, 0.5) is 5.69 Å². The number of aryl methyl sites for hydroxylation is 2. The van der Waals surface area contributed by atoms with Gasteiger partial charge in [0.15, 0.2) is 0 Å². The first-order valence-electron chi connectivity index (χ1n) is 10.4. The molecule has 2 aromatic carbocycles. The van der Waals surface area contributed by atoms with Gasteiger partial charge in [-0.3, -0.25) is 9.10 Å². The zero-order valence-corrected chi connectivity index (χ0v) is 21.4. The van der Waals surface area contributed by atoms with Gasteiger partial charge in [-0.15, -0.1) is 0 Å². The number of sulfonamides is 2.